The Bertz CT molecular complexity index is 1130. The Morgan fingerprint density at radius 1 is 1.29 bits per heavy atom. The molecule has 1 heterocycles. The second-order valence-corrected chi connectivity index (χ2v) is 9.88. The van der Waals surface area contributed by atoms with Gasteiger partial charge in [-0.3, -0.25) is 4.79 Å². The van der Waals surface area contributed by atoms with Crippen LogP contribution in [0.4, 0.5) is 5.69 Å². The number of primary sulfonamides is 1. The zero-order valence-corrected chi connectivity index (χ0v) is 18.4. The van der Waals surface area contributed by atoms with Gasteiger partial charge in [-0.1, -0.05) is 27.7 Å². The summed E-state index contributed by atoms with van der Waals surface area (Å²) in [5.74, 6) is -0.146. The molecular formula is C18H19BrN4O3S2. The van der Waals surface area contributed by atoms with E-state index in [1.54, 1.807) is 13.0 Å². The second-order valence-electron chi connectivity index (χ2n) is 6.09. The molecule has 1 atom stereocenters. The number of thioether (sulfide) groups is 1. The minimum atomic E-state index is -3.80. The van der Waals surface area contributed by atoms with Gasteiger partial charge in [0, 0.05) is 16.7 Å². The first-order valence-corrected chi connectivity index (χ1v) is 11.7. The lowest BCUT2D eigenvalue weighted by atomic mass is 10.3. The van der Waals surface area contributed by atoms with Crippen LogP contribution in [-0.4, -0.2) is 29.1 Å². The molecule has 0 saturated carbocycles. The van der Waals surface area contributed by atoms with Crippen LogP contribution in [0.2, 0.25) is 0 Å². The molecule has 0 saturated heterocycles. The number of benzene rings is 2. The Labute approximate surface area is 175 Å². The van der Waals surface area contributed by atoms with Gasteiger partial charge in [0.15, 0.2) is 5.16 Å². The minimum absolute atomic E-state index is 0.0123. The van der Waals surface area contributed by atoms with Crippen molar-refractivity contribution in [2.24, 2.45) is 5.14 Å². The number of imidazole rings is 1. The Morgan fingerprint density at radius 2 is 1.96 bits per heavy atom. The number of aryl methyl sites for hydroxylation is 1. The number of nitrogens with two attached hydrogens (primary N) is 1. The van der Waals surface area contributed by atoms with Crippen molar-refractivity contribution in [3.63, 3.8) is 0 Å². The number of fused-ring (bicyclic) bond motifs is 1. The van der Waals surface area contributed by atoms with Crippen molar-refractivity contribution < 1.29 is 13.2 Å². The van der Waals surface area contributed by atoms with Gasteiger partial charge in [0.05, 0.1) is 21.2 Å². The van der Waals surface area contributed by atoms with Gasteiger partial charge in [-0.05, 0) is 56.3 Å². The summed E-state index contributed by atoms with van der Waals surface area (Å²) in [6.45, 7) is 4.40. The van der Waals surface area contributed by atoms with E-state index in [4.69, 9.17) is 5.14 Å². The van der Waals surface area contributed by atoms with Crippen molar-refractivity contribution in [3.8, 4) is 0 Å². The Hall–Kier alpha value is -1.88. The van der Waals surface area contributed by atoms with Crippen LogP contribution < -0.4 is 10.5 Å². The standard InChI is InChI=1S/C18H19BrN4O3S2/c1-3-23-16-9-8-14(28(20,25)26)10-15(16)22-18(23)27-11(2)17(24)21-13-6-4-12(19)5-7-13/h4-11H,3H2,1-2H3,(H,21,24)(H2,20,25,26)/t11-/m0/s1. The minimum Gasteiger partial charge on any atom is -0.325 e. The highest BCUT2D eigenvalue weighted by molar-refractivity contribution is 9.10. The second kappa shape index (κ2) is 8.24. The van der Waals surface area contributed by atoms with Crippen LogP contribution in [0.3, 0.4) is 0 Å². The Morgan fingerprint density at radius 3 is 2.57 bits per heavy atom. The van der Waals surface area contributed by atoms with Crippen molar-refractivity contribution in [2.75, 3.05) is 5.32 Å². The van der Waals surface area contributed by atoms with Crippen molar-refractivity contribution in [2.45, 2.75) is 35.7 Å². The molecule has 0 aliphatic rings. The van der Waals surface area contributed by atoms with Gasteiger partial charge in [0.2, 0.25) is 15.9 Å². The van der Waals surface area contributed by atoms with E-state index in [0.717, 1.165) is 9.99 Å². The van der Waals surface area contributed by atoms with E-state index in [1.165, 1.54) is 23.9 Å². The summed E-state index contributed by atoms with van der Waals surface area (Å²) in [7, 11) is -3.80. The molecule has 1 aromatic heterocycles. The van der Waals surface area contributed by atoms with Gasteiger partial charge in [0.25, 0.3) is 0 Å². The lowest BCUT2D eigenvalue weighted by Gasteiger charge is -2.12. The van der Waals surface area contributed by atoms with E-state index in [-0.39, 0.29) is 10.8 Å². The van der Waals surface area contributed by atoms with Crippen LogP contribution in [0.25, 0.3) is 11.0 Å². The van der Waals surface area contributed by atoms with E-state index >= 15 is 0 Å². The molecule has 0 fully saturated rings. The molecule has 3 aromatic rings. The van der Waals surface area contributed by atoms with Crippen LogP contribution in [0, 0.1) is 0 Å². The maximum Gasteiger partial charge on any atom is 0.238 e. The lowest BCUT2D eigenvalue weighted by molar-refractivity contribution is -0.115. The number of hydrogen-bond acceptors (Lipinski definition) is 5. The number of rotatable bonds is 6. The molecule has 0 aliphatic carbocycles. The average Bonchev–Trinajstić information content (AvgIpc) is 2.98. The molecular weight excluding hydrogens is 464 g/mol. The molecule has 148 valence electrons. The van der Waals surface area contributed by atoms with Gasteiger partial charge in [-0.15, -0.1) is 0 Å². The summed E-state index contributed by atoms with van der Waals surface area (Å²) in [5, 5.41) is 8.32. The van der Waals surface area contributed by atoms with E-state index in [9.17, 15) is 13.2 Å². The quantitative estimate of drug-likeness (QED) is 0.522. The zero-order chi connectivity index (χ0) is 20.5. The van der Waals surface area contributed by atoms with E-state index in [2.05, 4.69) is 26.2 Å². The number of carbonyl (C=O) groups is 1. The molecule has 0 unspecified atom stereocenters. The number of nitrogens with zero attached hydrogens (tertiary/aromatic N) is 2. The topological polar surface area (TPSA) is 107 Å². The SMILES string of the molecule is CCn1c(S[C@@H](C)C(=O)Nc2ccc(Br)cc2)nc2cc(S(N)(=O)=O)ccc21. The fourth-order valence-corrected chi connectivity index (χ4v) is 4.43. The molecule has 0 bridgehead atoms. The van der Waals surface area contributed by atoms with Crippen LogP contribution in [-0.2, 0) is 21.4 Å². The normalized spacial score (nSPS) is 12.9. The molecule has 10 heteroatoms. The van der Waals surface area contributed by atoms with Gasteiger partial charge >= 0.3 is 0 Å². The number of carbonyl (C=O) groups excluding carboxylic acids is 1. The molecule has 0 radical (unpaired) electrons. The number of sulfonamides is 1. The van der Waals surface area contributed by atoms with Crippen LogP contribution in [0.15, 0.2) is 57.0 Å². The molecule has 0 aliphatic heterocycles. The molecule has 1 amide bonds. The predicted molar refractivity (Wildman–Crippen MR) is 115 cm³/mol. The lowest BCUT2D eigenvalue weighted by Crippen LogP contribution is -2.22. The first-order valence-electron chi connectivity index (χ1n) is 8.45. The summed E-state index contributed by atoms with van der Waals surface area (Å²) < 4.78 is 26.0. The first kappa shape index (κ1) is 20.8. The molecule has 3 N–H and O–H groups in total. The fraction of sp³-hybridized carbons (Fsp3) is 0.222. The summed E-state index contributed by atoms with van der Waals surface area (Å²) in [6.07, 6.45) is 0. The average molecular weight is 483 g/mol. The predicted octanol–water partition coefficient (Wildman–Crippen LogP) is 3.59. The molecule has 0 spiro atoms. The number of aromatic nitrogens is 2. The molecule has 3 rings (SSSR count). The van der Waals surface area contributed by atoms with Crippen LogP contribution >= 0.6 is 27.7 Å². The number of hydrogen-bond donors (Lipinski definition) is 2. The Kier molecular flexibility index (Phi) is 6.13. The monoisotopic (exact) mass is 482 g/mol. The molecule has 7 nitrogen and oxygen atoms in total. The summed E-state index contributed by atoms with van der Waals surface area (Å²) in [4.78, 5) is 17.1. The van der Waals surface area contributed by atoms with Crippen LogP contribution in [0.1, 0.15) is 13.8 Å². The first-order chi connectivity index (χ1) is 13.2. The largest absolute Gasteiger partial charge is 0.325 e. The maximum atomic E-state index is 12.5. The summed E-state index contributed by atoms with van der Waals surface area (Å²) >= 11 is 4.68. The highest BCUT2D eigenvalue weighted by atomic mass is 79.9. The number of halogens is 1. The third-order valence-electron chi connectivity index (χ3n) is 4.09. The highest BCUT2D eigenvalue weighted by Gasteiger charge is 2.20. The van der Waals surface area contributed by atoms with E-state index in [1.807, 2.05) is 35.8 Å². The van der Waals surface area contributed by atoms with Crippen molar-refractivity contribution in [1.29, 1.82) is 0 Å². The molecule has 2 aromatic carbocycles. The summed E-state index contributed by atoms with van der Waals surface area (Å²) in [6, 6.07) is 11.9. The van der Waals surface area contributed by atoms with Gasteiger partial charge in [-0.25, -0.2) is 18.5 Å². The third-order valence-corrected chi connectivity index (χ3v) is 6.62. The zero-order valence-electron chi connectivity index (χ0n) is 15.2. The Balaban J connectivity index is 1.84. The van der Waals surface area contributed by atoms with Crippen LogP contribution in [0.5, 0.6) is 0 Å². The van der Waals surface area contributed by atoms with Gasteiger partial charge in [0.1, 0.15) is 0 Å². The van der Waals surface area contributed by atoms with Crippen molar-refractivity contribution in [1.82, 2.24) is 9.55 Å². The number of nitrogens with one attached hydrogen (secondary N) is 1. The van der Waals surface area contributed by atoms with Gasteiger partial charge in [-0.2, -0.15) is 0 Å². The van der Waals surface area contributed by atoms with E-state index in [0.29, 0.717) is 22.9 Å². The smallest absolute Gasteiger partial charge is 0.238 e. The van der Waals surface area contributed by atoms with Crippen molar-refractivity contribution in [3.05, 3.63) is 46.9 Å². The molecule has 28 heavy (non-hydrogen) atoms. The third kappa shape index (κ3) is 4.57. The highest BCUT2D eigenvalue weighted by Crippen LogP contribution is 2.29. The number of anilines is 1. The number of amides is 1. The maximum absolute atomic E-state index is 12.5. The van der Waals surface area contributed by atoms with Gasteiger partial charge < -0.3 is 9.88 Å². The fourth-order valence-electron chi connectivity index (χ4n) is 2.65. The van der Waals surface area contributed by atoms with E-state index < -0.39 is 15.3 Å². The summed E-state index contributed by atoms with van der Waals surface area (Å²) in [5.41, 5.74) is 2.02. The van der Waals surface area contributed by atoms with Crippen molar-refractivity contribution >= 4 is 60.3 Å².